The molecule has 0 radical (unpaired) electrons. The van der Waals surface area contributed by atoms with Crippen LogP contribution < -0.4 is 11.1 Å². The van der Waals surface area contributed by atoms with Gasteiger partial charge in [0.2, 0.25) is 5.95 Å². The van der Waals surface area contributed by atoms with Gasteiger partial charge in [-0.3, -0.25) is 0 Å². The SMILES string of the molecule is Nc1ncc(CCc2ccccc2)c(NCc2cccs2)n1. The molecule has 4 nitrogen and oxygen atoms in total. The van der Waals surface area contributed by atoms with E-state index in [4.69, 9.17) is 5.73 Å². The maximum Gasteiger partial charge on any atom is 0.221 e. The van der Waals surface area contributed by atoms with Crippen LogP contribution in [0.4, 0.5) is 11.8 Å². The molecule has 3 aromatic rings. The highest BCUT2D eigenvalue weighted by atomic mass is 32.1. The molecule has 0 aliphatic rings. The highest BCUT2D eigenvalue weighted by Crippen LogP contribution is 2.18. The second-order valence-electron chi connectivity index (χ2n) is 5.02. The molecule has 1 aromatic carbocycles. The molecule has 0 unspecified atom stereocenters. The van der Waals surface area contributed by atoms with Crippen LogP contribution in [-0.4, -0.2) is 9.97 Å². The van der Waals surface area contributed by atoms with Crippen LogP contribution in [-0.2, 0) is 19.4 Å². The Morgan fingerprint density at radius 1 is 1.05 bits per heavy atom. The minimum absolute atomic E-state index is 0.303. The van der Waals surface area contributed by atoms with Gasteiger partial charge in [0, 0.05) is 16.6 Å². The van der Waals surface area contributed by atoms with E-state index in [-0.39, 0.29) is 0 Å². The molecule has 0 fully saturated rings. The fraction of sp³-hybridized carbons (Fsp3) is 0.176. The second-order valence-corrected chi connectivity index (χ2v) is 6.05. The zero-order valence-corrected chi connectivity index (χ0v) is 13.0. The first-order chi connectivity index (χ1) is 10.8. The average molecular weight is 310 g/mol. The predicted octanol–water partition coefficient (Wildman–Crippen LogP) is 3.52. The van der Waals surface area contributed by atoms with Crippen molar-refractivity contribution in [3.05, 3.63) is 70.0 Å². The Bertz CT molecular complexity index is 711. The van der Waals surface area contributed by atoms with Gasteiger partial charge in [-0.1, -0.05) is 36.4 Å². The van der Waals surface area contributed by atoms with Crippen molar-refractivity contribution in [2.24, 2.45) is 0 Å². The molecule has 5 heteroatoms. The number of nitrogen functional groups attached to an aromatic ring is 1. The van der Waals surface area contributed by atoms with Crippen molar-refractivity contribution in [2.45, 2.75) is 19.4 Å². The number of nitrogens with zero attached hydrogens (tertiary/aromatic N) is 2. The number of aromatic nitrogens is 2. The van der Waals surface area contributed by atoms with Crippen LogP contribution in [0.2, 0.25) is 0 Å². The molecule has 22 heavy (non-hydrogen) atoms. The Morgan fingerprint density at radius 3 is 2.68 bits per heavy atom. The number of thiophene rings is 1. The lowest BCUT2D eigenvalue weighted by Gasteiger charge is -2.10. The standard InChI is InChI=1S/C17H18N4S/c18-17-20-11-14(9-8-13-5-2-1-3-6-13)16(21-17)19-12-15-7-4-10-22-15/h1-7,10-11H,8-9,12H2,(H3,18,19,20,21). The summed E-state index contributed by atoms with van der Waals surface area (Å²) in [6, 6.07) is 14.6. The number of aryl methyl sites for hydroxylation is 2. The van der Waals surface area contributed by atoms with E-state index in [1.807, 2.05) is 18.3 Å². The molecule has 2 heterocycles. The quantitative estimate of drug-likeness (QED) is 0.731. The van der Waals surface area contributed by atoms with E-state index in [2.05, 4.69) is 51.0 Å². The molecule has 0 aliphatic heterocycles. The molecule has 0 aliphatic carbocycles. The second kappa shape index (κ2) is 7.04. The largest absolute Gasteiger partial charge is 0.368 e. The topological polar surface area (TPSA) is 63.8 Å². The normalized spacial score (nSPS) is 10.5. The molecular formula is C17H18N4S. The molecule has 3 N–H and O–H groups in total. The molecule has 3 rings (SSSR count). The predicted molar refractivity (Wildman–Crippen MR) is 91.9 cm³/mol. The van der Waals surface area contributed by atoms with Crippen molar-refractivity contribution < 1.29 is 0 Å². The first-order valence-electron chi connectivity index (χ1n) is 7.23. The first-order valence-corrected chi connectivity index (χ1v) is 8.11. The van der Waals surface area contributed by atoms with Crippen LogP contribution in [0.3, 0.4) is 0 Å². The van der Waals surface area contributed by atoms with Crippen LogP contribution in [0.25, 0.3) is 0 Å². The number of nitrogens with one attached hydrogen (secondary N) is 1. The molecule has 2 aromatic heterocycles. The molecule has 0 spiro atoms. The minimum Gasteiger partial charge on any atom is -0.368 e. The summed E-state index contributed by atoms with van der Waals surface area (Å²) in [5.74, 6) is 1.13. The van der Waals surface area contributed by atoms with Crippen LogP contribution in [0.15, 0.2) is 54.0 Å². The third-order valence-corrected chi connectivity index (χ3v) is 4.30. The Morgan fingerprint density at radius 2 is 1.91 bits per heavy atom. The Labute approximate surface area is 134 Å². The Hall–Kier alpha value is -2.40. The summed E-state index contributed by atoms with van der Waals surface area (Å²) >= 11 is 1.73. The number of rotatable bonds is 6. The molecule has 0 saturated heterocycles. The van der Waals surface area contributed by atoms with Crippen LogP contribution in [0.1, 0.15) is 16.0 Å². The Balaban J connectivity index is 1.70. The van der Waals surface area contributed by atoms with E-state index in [0.29, 0.717) is 5.95 Å². The van der Waals surface area contributed by atoms with Crippen LogP contribution in [0.5, 0.6) is 0 Å². The van der Waals surface area contributed by atoms with Gasteiger partial charge in [0.05, 0.1) is 6.54 Å². The van der Waals surface area contributed by atoms with Crippen molar-refractivity contribution in [2.75, 3.05) is 11.1 Å². The van der Waals surface area contributed by atoms with E-state index in [1.165, 1.54) is 10.4 Å². The smallest absolute Gasteiger partial charge is 0.221 e. The number of anilines is 2. The highest BCUT2D eigenvalue weighted by molar-refractivity contribution is 7.09. The number of hydrogen-bond acceptors (Lipinski definition) is 5. The number of benzene rings is 1. The van der Waals surface area contributed by atoms with Crippen molar-refractivity contribution >= 4 is 23.1 Å². The monoisotopic (exact) mass is 310 g/mol. The lowest BCUT2D eigenvalue weighted by molar-refractivity contribution is 0.931. The van der Waals surface area contributed by atoms with E-state index >= 15 is 0 Å². The highest BCUT2D eigenvalue weighted by Gasteiger charge is 2.07. The molecule has 0 amide bonds. The minimum atomic E-state index is 0.303. The zero-order valence-electron chi connectivity index (χ0n) is 12.2. The van der Waals surface area contributed by atoms with Gasteiger partial charge in [0.15, 0.2) is 0 Å². The van der Waals surface area contributed by atoms with Gasteiger partial charge >= 0.3 is 0 Å². The number of nitrogens with two attached hydrogens (primary N) is 1. The van der Waals surface area contributed by atoms with Crippen molar-refractivity contribution in [1.82, 2.24) is 9.97 Å². The van der Waals surface area contributed by atoms with E-state index in [9.17, 15) is 0 Å². The summed E-state index contributed by atoms with van der Waals surface area (Å²) in [6.45, 7) is 0.756. The third kappa shape index (κ3) is 3.83. The molecular weight excluding hydrogens is 292 g/mol. The fourth-order valence-electron chi connectivity index (χ4n) is 2.26. The van der Waals surface area contributed by atoms with Crippen LogP contribution >= 0.6 is 11.3 Å². The van der Waals surface area contributed by atoms with Gasteiger partial charge in [-0.2, -0.15) is 4.98 Å². The van der Waals surface area contributed by atoms with Crippen LogP contribution in [0, 0.1) is 0 Å². The molecule has 0 atom stereocenters. The number of hydrogen-bond donors (Lipinski definition) is 2. The van der Waals surface area contributed by atoms with Gasteiger partial charge in [-0.25, -0.2) is 4.98 Å². The van der Waals surface area contributed by atoms with Crippen molar-refractivity contribution in [3.8, 4) is 0 Å². The van der Waals surface area contributed by atoms with Gasteiger partial charge in [-0.05, 0) is 29.9 Å². The third-order valence-electron chi connectivity index (χ3n) is 3.42. The Kier molecular flexibility index (Phi) is 4.65. The molecule has 112 valence electrons. The summed E-state index contributed by atoms with van der Waals surface area (Å²) < 4.78 is 0. The summed E-state index contributed by atoms with van der Waals surface area (Å²) in [7, 11) is 0. The van der Waals surface area contributed by atoms with Crippen molar-refractivity contribution in [3.63, 3.8) is 0 Å². The van der Waals surface area contributed by atoms with Crippen molar-refractivity contribution in [1.29, 1.82) is 0 Å². The lowest BCUT2D eigenvalue weighted by Crippen LogP contribution is -2.08. The zero-order chi connectivity index (χ0) is 15.2. The summed E-state index contributed by atoms with van der Waals surface area (Å²) in [6.07, 6.45) is 3.67. The summed E-state index contributed by atoms with van der Waals surface area (Å²) in [5, 5.41) is 5.44. The van der Waals surface area contributed by atoms with Gasteiger partial charge < -0.3 is 11.1 Å². The summed E-state index contributed by atoms with van der Waals surface area (Å²) in [4.78, 5) is 9.74. The maximum atomic E-state index is 5.72. The molecule has 0 saturated carbocycles. The first kappa shape index (κ1) is 14.5. The van der Waals surface area contributed by atoms with E-state index in [0.717, 1.165) is 30.8 Å². The maximum absolute atomic E-state index is 5.72. The fourth-order valence-corrected chi connectivity index (χ4v) is 2.91. The average Bonchev–Trinajstić information content (AvgIpc) is 3.06. The van der Waals surface area contributed by atoms with E-state index < -0.39 is 0 Å². The van der Waals surface area contributed by atoms with E-state index in [1.54, 1.807) is 11.3 Å². The lowest BCUT2D eigenvalue weighted by atomic mass is 10.1. The summed E-state index contributed by atoms with van der Waals surface area (Å²) in [5.41, 5.74) is 8.13. The van der Waals surface area contributed by atoms with Gasteiger partial charge in [-0.15, -0.1) is 11.3 Å². The van der Waals surface area contributed by atoms with Gasteiger partial charge in [0.1, 0.15) is 5.82 Å². The molecule has 0 bridgehead atoms. The van der Waals surface area contributed by atoms with Gasteiger partial charge in [0.25, 0.3) is 0 Å².